The zero-order valence-electron chi connectivity index (χ0n) is 7.33. The van der Waals surface area contributed by atoms with Crippen molar-refractivity contribution < 1.29 is 9.18 Å². The maximum atomic E-state index is 11.7. The molecule has 6 heteroatoms. The largest absolute Gasteiger partial charge is 0.347 e. The lowest BCUT2D eigenvalue weighted by Crippen LogP contribution is -2.28. The predicted octanol–water partition coefficient (Wildman–Crippen LogP) is -0.00270. The van der Waals surface area contributed by atoms with Crippen LogP contribution in [0.3, 0.4) is 0 Å². The first-order valence-corrected chi connectivity index (χ1v) is 4.01. The summed E-state index contributed by atoms with van der Waals surface area (Å²) in [6.45, 7) is 1.85. The van der Waals surface area contributed by atoms with Crippen LogP contribution in [0.15, 0.2) is 6.33 Å². The van der Waals surface area contributed by atoms with E-state index in [0.29, 0.717) is 6.54 Å². The SMILES string of the molecule is CCn1ncnc1C(=O)NCCF. The molecule has 0 aliphatic rings. The number of amides is 1. The normalized spacial score (nSPS) is 10.0. The number of halogens is 1. The Morgan fingerprint density at radius 2 is 2.54 bits per heavy atom. The van der Waals surface area contributed by atoms with Crippen LogP contribution in [0, 0.1) is 0 Å². The summed E-state index contributed by atoms with van der Waals surface area (Å²) in [5.41, 5.74) is 0. The van der Waals surface area contributed by atoms with Crippen molar-refractivity contribution in [3.63, 3.8) is 0 Å². The molecule has 0 atom stereocenters. The third kappa shape index (κ3) is 2.24. The molecule has 0 radical (unpaired) electrons. The average molecular weight is 186 g/mol. The van der Waals surface area contributed by atoms with Crippen LogP contribution in [0.1, 0.15) is 17.5 Å². The van der Waals surface area contributed by atoms with Crippen LogP contribution in [-0.2, 0) is 6.54 Å². The number of rotatable bonds is 4. The van der Waals surface area contributed by atoms with Crippen molar-refractivity contribution in [3.8, 4) is 0 Å². The van der Waals surface area contributed by atoms with Gasteiger partial charge in [-0.15, -0.1) is 0 Å². The third-order valence-electron chi connectivity index (χ3n) is 1.50. The van der Waals surface area contributed by atoms with Crippen LogP contribution in [0.4, 0.5) is 4.39 Å². The Morgan fingerprint density at radius 1 is 1.77 bits per heavy atom. The van der Waals surface area contributed by atoms with Crippen LogP contribution in [0.25, 0.3) is 0 Å². The van der Waals surface area contributed by atoms with Crippen molar-refractivity contribution in [1.29, 1.82) is 0 Å². The Balaban J connectivity index is 2.65. The molecule has 0 fully saturated rings. The fraction of sp³-hybridized carbons (Fsp3) is 0.571. The molecule has 0 aliphatic heterocycles. The van der Waals surface area contributed by atoms with Gasteiger partial charge < -0.3 is 5.32 Å². The van der Waals surface area contributed by atoms with Crippen molar-refractivity contribution in [3.05, 3.63) is 12.2 Å². The van der Waals surface area contributed by atoms with Gasteiger partial charge >= 0.3 is 0 Å². The first kappa shape index (κ1) is 9.63. The first-order valence-electron chi connectivity index (χ1n) is 4.01. The summed E-state index contributed by atoms with van der Waals surface area (Å²) in [6, 6.07) is 0. The van der Waals surface area contributed by atoms with Gasteiger partial charge in [-0.05, 0) is 6.92 Å². The van der Waals surface area contributed by atoms with Crippen LogP contribution >= 0.6 is 0 Å². The van der Waals surface area contributed by atoms with Crippen molar-refractivity contribution in [2.24, 2.45) is 0 Å². The van der Waals surface area contributed by atoms with Gasteiger partial charge in [0.1, 0.15) is 13.0 Å². The van der Waals surface area contributed by atoms with E-state index in [4.69, 9.17) is 0 Å². The Labute approximate surface area is 75.0 Å². The number of nitrogens with one attached hydrogen (secondary N) is 1. The molecule has 1 heterocycles. The molecule has 0 aromatic carbocycles. The molecule has 1 N–H and O–H groups in total. The highest BCUT2D eigenvalue weighted by Gasteiger charge is 2.11. The summed E-state index contributed by atoms with van der Waals surface area (Å²) in [7, 11) is 0. The number of hydrogen-bond acceptors (Lipinski definition) is 3. The van der Waals surface area contributed by atoms with E-state index >= 15 is 0 Å². The van der Waals surface area contributed by atoms with E-state index < -0.39 is 12.6 Å². The molecule has 1 aromatic heterocycles. The zero-order valence-corrected chi connectivity index (χ0v) is 7.33. The summed E-state index contributed by atoms with van der Waals surface area (Å²) < 4.78 is 13.2. The highest BCUT2D eigenvalue weighted by molar-refractivity contribution is 5.90. The van der Waals surface area contributed by atoms with E-state index in [1.54, 1.807) is 0 Å². The summed E-state index contributed by atoms with van der Waals surface area (Å²) in [5, 5.41) is 6.19. The minimum atomic E-state index is -0.577. The lowest BCUT2D eigenvalue weighted by atomic mass is 10.5. The first-order chi connectivity index (χ1) is 6.29. The van der Waals surface area contributed by atoms with Crippen LogP contribution in [-0.4, -0.2) is 33.9 Å². The smallest absolute Gasteiger partial charge is 0.288 e. The molecule has 72 valence electrons. The summed E-state index contributed by atoms with van der Waals surface area (Å²) in [5.74, 6) is -0.173. The maximum absolute atomic E-state index is 11.7. The molecule has 1 aromatic rings. The van der Waals surface area contributed by atoms with E-state index in [2.05, 4.69) is 15.4 Å². The van der Waals surface area contributed by atoms with Crippen LogP contribution < -0.4 is 5.32 Å². The van der Waals surface area contributed by atoms with E-state index in [0.717, 1.165) is 0 Å². The van der Waals surface area contributed by atoms with Gasteiger partial charge in [-0.3, -0.25) is 4.79 Å². The van der Waals surface area contributed by atoms with Gasteiger partial charge in [0.25, 0.3) is 5.91 Å². The van der Waals surface area contributed by atoms with E-state index in [1.165, 1.54) is 11.0 Å². The van der Waals surface area contributed by atoms with Crippen molar-refractivity contribution in [2.75, 3.05) is 13.2 Å². The monoisotopic (exact) mass is 186 g/mol. The minimum absolute atomic E-state index is 0.00933. The lowest BCUT2D eigenvalue weighted by molar-refractivity contribution is 0.0935. The number of hydrogen-bond donors (Lipinski definition) is 1. The number of alkyl halides is 1. The Bertz CT molecular complexity index is 286. The number of aryl methyl sites for hydroxylation is 1. The summed E-state index contributed by atoms with van der Waals surface area (Å²) >= 11 is 0. The maximum Gasteiger partial charge on any atom is 0.288 e. The molecule has 0 saturated carbocycles. The molecular weight excluding hydrogens is 175 g/mol. The highest BCUT2D eigenvalue weighted by atomic mass is 19.1. The van der Waals surface area contributed by atoms with Gasteiger partial charge in [0.05, 0.1) is 0 Å². The summed E-state index contributed by atoms with van der Waals surface area (Å²) in [4.78, 5) is 15.0. The molecule has 0 unspecified atom stereocenters. The molecule has 0 saturated heterocycles. The van der Waals surface area contributed by atoms with Crippen molar-refractivity contribution in [2.45, 2.75) is 13.5 Å². The van der Waals surface area contributed by atoms with Gasteiger partial charge in [0.15, 0.2) is 0 Å². The number of nitrogens with zero attached hydrogens (tertiary/aromatic N) is 3. The molecule has 1 amide bonds. The molecule has 0 bridgehead atoms. The second-order valence-electron chi connectivity index (χ2n) is 2.34. The Morgan fingerprint density at radius 3 is 3.15 bits per heavy atom. The Kier molecular flexibility index (Phi) is 3.36. The fourth-order valence-corrected chi connectivity index (χ4v) is 0.911. The second kappa shape index (κ2) is 4.54. The van der Waals surface area contributed by atoms with Gasteiger partial charge in [0.2, 0.25) is 5.82 Å². The van der Waals surface area contributed by atoms with Crippen LogP contribution in [0.5, 0.6) is 0 Å². The van der Waals surface area contributed by atoms with Gasteiger partial charge in [-0.2, -0.15) is 5.10 Å². The molecule has 5 nitrogen and oxygen atoms in total. The van der Waals surface area contributed by atoms with E-state index in [1.807, 2.05) is 6.92 Å². The van der Waals surface area contributed by atoms with Crippen molar-refractivity contribution in [1.82, 2.24) is 20.1 Å². The predicted molar refractivity (Wildman–Crippen MR) is 44.0 cm³/mol. The number of carbonyl (C=O) groups is 1. The molecular formula is C7H11FN4O. The highest BCUT2D eigenvalue weighted by Crippen LogP contribution is 1.92. The number of aromatic nitrogens is 3. The third-order valence-corrected chi connectivity index (χ3v) is 1.50. The molecule has 0 spiro atoms. The quantitative estimate of drug-likeness (QED) is 0.719. The van der Waals surface area contributed by atoms with E-state index in [9.17, 15) is 9.18 Å². The van der Waals surface area contributed by atoms with Gasteiger partial charge in [0, 0.05) is 13.1 Å². The number of carbonyl (C=O) groups excluding carboxylic acids is 1. The van der Waals surface area contributed by atoms with Gasteiger partial charge in [-0.25, -0.2) is 14.1 Å². The van der Waals surface area contributed by atoms with Crippen molar-refractivity contribution >= 4 is 5.91 Å². The average Bonchev–Trinajstić information content (AvgIpc) is 2.61. The molecule has 0 aliphatic carbocycles. The molecule has 13 heavy (non-hydrogen) atoms. The molecule has 1 rings (SSSR count). The summed E-state index contributed by atoms with van der Waals surface area (Å²) in [6.07, 6.45) is 1.30. The zero-order chi connectivity index (χ0) is 9.68. The van der Waals surface area contributed by atoms with E-state index in [-0.39, 0.29) is 12.4 Å². The van der Waals surface area contributed by atoms with Gasteiger partial charge in [-0.1, -0.05) is 0 Å². The lowest BCUT2D eigenvalue weighted by Gasteiger charge is -2.02. The topological polar surface area (TPSA) is 59.8 Å². The fourth-order valence-electron chi connectivity index (χ4n) is 0.911. The standard InChI is InChI=1S/C7H11FN4O/c1-2-12-6(10-5-11-12)7(13)9-4-3-8/h5H,2-4H2,1H3,(H,9,13). The van der Waals surface area contributed by atoms with Crippen LogP contribution in [0.2, 0.25) is 0 Å². The Hall–Kier alpha value is -1.46. The second-order valence-corrected chi connectivity index (χ2v) is 2.34. The minimum Gasteiger partial charge on any atom is -0.347 e.